The molecule has 2 aromatic rings. The number of nitrogens with one attached hydrogen (secondary N) is 1. The number of nitro groups is 1. The van der Waals surface area contributed by atoms with Gasteiger partial charge in [-0.15, -0.1) is 0 Å². The Morgan fingerprint density at radius 1 is 1.30 bits per heavy atom. The summed E-state index contributed by atoms with van der Waals surface area (Å²) in [4.78, 5) is 10.2. The van der Waals surface area contributed by atoms with Crippen LogP contribution in [0.2, 0.25) is 5.02 Å². The molecule has 0 spiro atoms. The minimum atomic E-state index is -0.486. The molecule has 0 bridgehead atoms. The van der Waals surface area contributed by atoms with Gasteiger partial charge >= 0.3 is 0 Å². The summed E-state index contributed by atoms with van der Waals surface area (Å²) in [6.07, 6.45) is 0. The summed E-state index contributed by atoms with van der Waals surface area (Å²) < 4.78 is 14.3. The zero-order chi connectivity index (χ0) is 14.7. The van der Waals surface area contributed by atoms with Crippen molar-refractivity contribution in [3.8, 4) is 0 Å². The average molecular weight is 360 g/mol. The molecule has 0 fully saturated rings. The maximum Gasteiger partial charge on any atom is 0.271 e. The van der Waals surface area contributed by atoms with E-state index in [9.17, 15) is 14.5 Å². The first kappa shape index (κ1) is 14.7. The molecular formula is C13H9BrClFN2O2. The lowest BCUT2D eigenvalue weighted by molar-refractivity contribution is -0.384. The lowest BCUT2D eigenvalue weighted by Crippen LogP contribution is -2.03. The molecule has 2 aromatic carbocycles. The Hall–Kier alpha value is -1.66. The van der Waals surface area contributed by atoms with E-state index in [0.29, 0.717) is 20.7 Å². The Morgan fingerprint density at radius 2 is 2.05 bits per heavy atom. The van der Waals surface area contributed by atoms with E-state index in [1.165, 1.54) is 18.2 Å². The van der Waals surface area contributed by atoms with Gasteiger partial charge in [0.2, 0.25) is 0 Å². The van der Waals surface area contributed by atoms with Crippen LogP contribution in [-0.4, -0.2) is 4.92 Å². The van der Waals surface area contributed by atoms with Crippen molar-refractivity contribution in [2.24, 2.45) is 0 Å². The minimum Gasteiger partial charge on any atom is -0.380 e. The van der Waals surface area contributed by atoms with E-state index >= 15 is 0 Å². The number of nitro benzene ring substituents is 1. The van der Waals surface area contributed by atoms with Crippen molar-refractivity contribution >= 4 is 38.9 Å². The highest BCUT2D eigenvalue weighted by molar-refractivity contribution is 9.10. The Kier molecular flexibility index (Phi) is 4.57. The lowest BCUT2D eigenvalue weighted by atomic mass is 10.2. The van der Waals surface area contributed by atoms with Crippen LogP contribution in [0.4, 0.5) is 15.8 Å². The first-order chi connectivity index (χ1) is 9.47. The molecular weight excluding hydrogens is 351 g/mol. The van der Waals surface area contributed by atoms with Gasteiger partial charge < -0.3 is 5.32 Å². The summed E-state index contributed by atoms with van der Waals surface area (Å²) in [5.41, 5.74) is 0.911. The highest BCUT2D eigenvalue weighted by Crippen LogP contribution is 2.27. The molecule has 20 heavy (non-hydrogen) atoms. The van der Waals surface area contributed by atoms with Crippen molar-refractivity contribution in [3.63, 3.8) is 0 Å². The molecule has 0 saturated carbocycles. The van der Waals surface area contributed by atoms with E-state index < -0.39 is 10.7 Å². The van der Waals surface area contributed by atoms with E-state index in [2.05, 4.69) is 21.2 Å². The standard InChI is InChI=1S/C13H9BrClFN2O2/c14-11-4-3-10(18(19)20)6-13(11)17-7-8-1-2-9(15)5-12(8)16/h1-6,17H,7H2. The lowest BCUT2D eigenvalue weighted by Gasteiger charge is -2.09. The molecule has 2 rings (SSSR count). The van der Waals surface area contributed by atoms with Crippen molar-refractivity contribution < 1.29 is 9.31 Å². The SMILES string of the molecule is O=[N+]([O-])c1ccc(Br)c(NCc2ccc(Cl)cc2F)c1. The molecule has 0 aliphatic heterocycles. The fourth-order valence-corrected chi connectivity index (χ4v) is 2.16. The van der Waals surface area contributed by atoms with Crippen LogP contribution in [0.15, 0.2) is 40.9 Å². The van der Waals surface area contributed by atoms with Crippen molar-refractivity contribution in [2.45, 2.75) is 6.54 Å². The Bertz CT molecular complexity index is 667. The number of nitrogens with zero attached hydrogens (tertiary/aromatic N) is 1. The largest absolute Gasteiger partial charge is 0.380 e. The van der Waals surface area contributed by atoms with Crippen molar-refractivity contribution in [3.05, 3.63) is 67.4 Å². The second-order valence-electron chi connectivity index (χ2n) is 4.01. The van der Waals surface area contributed by atoms with Gasteiger partial charge in [-0.3, -0.25) is 10.1 Å². The molecule has 0 heterocycles. The van der Waals surface area contributed by atoms with Gasteiger partial charge in [-0.05, 0) is 34.1 Å². The summed E-state index contributed by atoms with van der Waals surface area (Å²) in [5, 5.41) is 14.0. The van der Waals surface area contributed by atoms with Crippen LogP contribution in [0.25, 0.3) is 0 Å². The number of halogens is 3. The number of non-ortho nitro benzene ring substituents is 1. The Morgan fingerprint density at radius 3 is 2.70 bits per heavy atom. The average Bonchev–Trinajstić information content (AvgIpc) is 2.39. The first-order valence-electron chi connectivity index (χ1n) is 5.59. The first-order valence-corrected chi connectivity index (χ1v) is 6.76. The zero-order valence-electron chi connectivity index (χ0n) is 10.1. The fraction of sp³-hybridized carbons (Fsp3) is 0.0769. The van der Waals surface area contributed by atoms with Crippen LogP contribution in [0.5, 0.6) is 0 Å². The summed E-state index contributed by atoms with van der Waals surface area (Å²) in [6, 6.07) is 8.72. The van der Waals surface area contributed by atoms with Gasteiger partial charge in [-0.1, -0.05) is 17.7 Å². The van der Waals surface area contributed by atoms with E-state index in [0.717, 1.165) is 0 Å². The smallest absolute Gasteiger partial charge is 0.271 e. The molecule has 0 saturated heterocycles. The van der Waals surface area contributed by atoms with Crippen LogP contribution in [-0.2, 0) is 6.54 Å². The Balaban J connectivity index is 2.18. The second kappa shape index (κ2) is 6.19. The van der Waals surface area contributed by atoms with Gasteiger partial charge in [0, 0.05) is 33.7 Å². The van der Waals surface area contributed by atoms with E-state index in [1.807, 2.05) is 0 Å². The third-order valence-corrected chi connectivity index (χ3v) is 3.57. The van der Waals surface area contributed by atoms with Gasteiger partial charge in [-0.25, -0.2) is 4.39 Å². The maximum absolute atomic E-state index is 13.6. The molecule has 0 atom stereocenters. The highest BCUT2D eigenvalue weighted by atomic mass is 79.9. The van der Waals surface area contributed by atoms with Crippen LogP contribution < -0.4 is 5.32 Å². The van der Waals surface area contributed by atoms with E-state index in [4.69, 9.17) is 11.6 Å². The third-order valence-electron chi connectivity index (χ3n) is 2.65. The zero-order valence-corrected chi connectivity index (χ0v) is 12.4. The van der Waals surface area contributed by atoms with Gasteiger partial charge in [-0.2, -0.15) is 0 Å². The van der Waals surface area contributed by atoms with Gasteiger partial charge in [0.05, 0.1) is 10.6 Å². The molecule has 0 aliphatic carbocycles. The number of hydrogen-bond donors (Lipinski definition) is 1. The number of hydrogen-bond acceptors (Lipinski definition) is 3. The Labute approximate surface area is 127 Å². The van der Waals surface area contributed by atoms with Gasteiger partial charge in [0.25, 0.3) is 5.69 Å². The summed E-state index contributed by atoms with van der Waals surface area (Å²) in [5.74, 6) is -0.424. The quantitative estimate of drug-likeness (QED) is 0.632. The monoisotopic (exact) mass is 358 g/mol. The third kappa shape index (κ3) is 3.46. The molecule has 0 amide bonds. The van der Waals surface area contributed by atoms with Gasteiger partial charge in [0.15, 0.2) is 0 Å². The van der Waals surface area contributed by atoms with Crippen molar-refractivity contribution in [1.29, 1.82) is 0 Å². The summed E-state index contributed by atoms with van der Waals surface area (Å²) >= 11 is 8.96. The summed E-state index contributed by atoms with van der Waals surface area (Å²) in [6.45, 7) is 0.197. The fourth-order valence-electron chi connectivity index (χ4n) is 1.62. The van der Waals surface area contributed by atoms with Crippen LogP contribution in [0.3, 0.4) is 0 Å². The molecule has 0 aliphatic rings. The highest BCUT2D eigenvalue weighted by Gasteiger charge is 2.10. The summed E-state index contributed by atoms with van der Waals surface area (Å²) in [7, 11) is 0. The van der Waals surface area contributed by atoms with Crippen molar-refractivity contribution in [1.82, 2.24) is 0 Å². The molecule has 7 heteroatoms. The van der Waals surface area contributed by atoms with Crippen LogP contribution in [0.1, 0.15) is 5.56 Å². The molecule has 0 aromatic heterocycles. The second-order valence-corrected chi connectivity index (χ2v) is 5.30. The molecule has 0 radical (unpaired) electrons. The topological polar surface area (TPSA) is 55.2 Å². The molecule has 4 nitrogen and oxygen atoms in total. The molecule has 0 unspecified atom stereocenters. The molecule has 1 N–H and O–H groups in total. The van der Waals surface area contributed by atoms with Crippen LogP contribution >= 0.6 is 27.5 Å². The van der Waals surface area contributed by atoms with E-state index in [1.54, 1.807) is 18.2 Å². The predicted octanol–water partition coefficient (Wildman–Crippen LogP) is 4.76. The van der Waals surface area contributed by atoms with E-state index in [-0.39, 0.29) is 12.2 Å². The molecule has 104 valence electrons. The number of benzene rings is 2. The van der Waals surface area contributed by atoms with Crippen molar-refractivity contribution in [2.75, 3.05) is 5.32 Å². The normalized spacial score (nSPS) is 10.3. The predicted molar refractivity (Wildman–Crippen MR) is 79.5 cm³/mol. The number of rotatable bonds is 4. The maximum atomic E-state index is 13.6. The van der Waals surface area contributed by atoms with Gasteiger partial charge in [0.1, 0.15) is 5.82 Å². The minimum absolute atomic E-state index is 0.0349. The van der Waals surface area contributed by atoms with Crippen LogP contribution in [0, 0.1) is 15.9 Å². The number of anilines is 1.